The van der Waals surface area contributed by atoms with Crippen molar-refractivity contribution >= 4 is 41.1 Å². The Kier molecular flexibility index (Phi) is 9.92. The molecule has 0 aliphatic carbocycles. The van der Waals surface area contributed by atoms with Crippen LogP contribution in [-0.2, 0) is 20.7 Å². The molecule has 1 saturated heterocycles. The average molecular weight is 589 g/mol. The molecule has 2 N–H and O–H groups in total. The number of carbonyl (C=O) groups is 4. The number of nitrogens with zero attached hydrogens (tertiary/aromatic N) is 2. The second-order valence-electron chi connectivity index (χ2n) is 10.5. The number of methoxy groups -OCH3 is 1. The van der Waals surface area contributed by atoms with Gasteiger partial charge in [-0.15, -0.1) is 0 Å². The van der Waals surface area contributed by atoms with Crippen molar-refractivity contribution in [2.45, 2.75) is 52.2 Å². The van der Waals surface area contributed by atoms with Crippen molar-refractivity contribution in [3.8, 4) is 5.75 Å². The first kappa shape index (κ1) is 31.3. The number of nitro groups is 1. The van der Waals surface area contributed by atoms with Gasteiger partial charge in [-0.1, -0.05) is 24.6 Å². The maximum Gasteiger partial charge on any atom is 0.345 e. The first-order chi connectivity index (χ1) is 19.2. The van der Waals surface area contributed by atoms with Crippen LogP contribution in [0.15, 0.2) is 36.4 Å². The standard InChI is InChI=1S/C28H33ClN4O8/c1-6-21(16-7-9-20(22(13-16)33(38)39)26(36)41-28(2,3)4)31-27(37)32-15-24(34)30-14-18(25(32)35)11-17-12-19(29)8-10-23(17)40-5/h7-10,12-13,18,21H,6,11,14-15H2,1-5H3,(H,30,34)(H,31,37)/t18-,21-/m1/s1. The topological polar surface area (TPSA) is 157 Å². The second-order valence-corrected chi connectivity index (χ2v) is 11.0. The Labute approximate surface area is 242 Å². The minimum Gasteiger partial charge on any atom is -0.496 e. The molecule has 41 heavy (non-hydrogen) atoms. The van der Waals surface area contributed by atoms with E-state index in [4.69, 9.17) is 21.1 Å². The molecule has 12 nitrogen and oxygen atoms in total. The van der Waals surface area contributed by atoms with Crippen molar-refractivity contribution in [1.29, 1.82) is 0 Å². The third-order valence-corrected chi connectivity index (χ3v) is 6.60. The van der Waals surface area contributed by atoms with Gasteiger partial charge in [0.15, 0.2) is 0 Å². The Morgan fingerprint density at radius 1 is 1.22 bits per heavy atom. The van der Waals surface area contributed by atoms with Crippen LogP contribution in [0.3, 0.4) is 0 Å². The molecule has 4 amide bonds. The number of esters is 1. The third-order valence-electron chi connectivity index (χ3n) is 6.36. The molecule has 1 fully saturated rings. The Balaban J connectivity index is 1.85. The van der Waals surface area contributed by atoms with Crippen LogP contribution in [0, 0.1) is 16.0 Å². The van der Waals surface area contributed by atoms with Gasteiger partial charge >= 0.3 is 12.0 Å². The third kappa shape index (κ3) is 7.94. The van der Waals surface area contributed by atoms with Gasteiger partial charge in [-0.25, -0.2) is 9.59 Å². The molecule has 220 valence electrons. The number of imide groups is 1. The molecule has 1 aliphatic heterocycles. The van der Waals surface area contributed by atoms with Crippen LogP contribution in [-0.4, -0.2) is 59.4 Å². The van der Waals surface area contributed by atoms with Gasteiger partial charge in [0, 0.05) is 17.6 Å². The summed E-state index contributed by atoms with van der Waals surface area (Å²) in [6.45, 7) is 6.19. The molecule has 0 aromatic heterocycles. The Hall–Kier alpha value is -4.19. The molecule has 13 heteroatoms. The van der Waals surface area contributed by atoms with Gasteiger partial charge in [0.2, 0.25) is 11.8 Å². The summed E-state index contributed by atoms with van der Waals surface area (Å²) in [6, 6.07) is 7.32. The molecule has 0 bridgehead atoms. The lowest BCUT2D eigenvalue weighted by molar-refractivity contribution is -0.385. The highest BCUT2D eigenvalue weighted by Gasteiger charge is 2.35. The zero-order valence-electron chi connectivity index (χ0n) is 23.5. The van der Waals surface area contributed by atoms with E-state index >= 15 is 0 Å². The lowest BCUT2D eigenvalue weighted by Gasteiger charge is -2.25. The number of hydrogen-bond donors (Lipinski definition) is 2. The average Bonchev–Trinajstić information content (AvgIpc) is 3.04. The van der Waals surface area contributed by atoms with E-state index in [-0.39, 0.29) is 18.5 Å². The fraction of sp³-hybridized carbons (Fsp3) is 0.429. The Morgan fingerprint density at radius 2 is 1.93 bits per heavy atom. The van der Waals surface area contributed by atoms with E-state index in [1.54, 1.807) is 45.9 Å². The van der Waals surface area contributed by atoms with Crippen molar-refractivity contribution in [2.75, 3.05) is 20.2 Å². The monoisotopic (exact) mass is 588 g/mol. The molecule has 1 aliphatic rings. The quantitative estimate of drug-likeness (QED) is 0.264. The molecule has 0 radical (unpaired) electrons. The zero-order valence-corrected chi connectivity index (χ0v) is 24.2. The summed E-state index contributed by atoms with van der Waals surface area (Å²) in [5.41, 5.74) is -0.588. The summed E-state index contributed by atoms with van der Waals surface area (Å²) in [5, 5.41) is 17.6. The summed E-state index contributed by atoms with van der Waals surface area (Å²) in [5.74, 6) is -2.22. The number of ether oxygens (including phenoxy) is 2. The van der Waals surface area contributed by atoms with Crippen LogP contribution in [0.25, 0.3) is 0 Å². The molecular weight excluding hydrogens is 556 g/mol. The molecule has 3 rings (SSSR count). The smallest absolute Gasteiger partial charge is 0.345 e. The number of carbonyl (C=O) groups excluding carboxylic acids is 4. The summed E-state index contributed by atoms with van der Waals surface area (Å²) < 4.78 is 10.6. The van der Waals surface area contributed by atoms with Gasteiger partial charge in [0.1, 0.15) is 23.5 Å². The summed E-state index contributed by atoms with van der Waals surface area (Å²) in [7, 11) is 1.48. The van der Waals surface area contributed by atoms with Gasteiger partial charge in [0.05, 0.1) is 24.0 Å². The molecule has 1 heterocycles. The zero-order chi connectivity index (χ0) is 30.5. The van der Waals surface area contributed by atoms with E-state index in [0.29, 0.717) is 28.3 Å². The number of benzene rings is 2. The van der Waals surface area contributed by atoms with E-state index in [0.717, 1.165) is 4.90 Å². The van der Waals surface area contributed by atoms with Crippen LogP contribution < -0.4 is 15.4 Å². The van der Waals surface area contributed by atoms with Crippen LogP contribution in [0.2, 0.25) is 5.02 Å². The normalized spacial score (nSPS) is 16.3. The Morgan fingerprint density at radius 3 is 2.54 bits per heavy atom. The maximum absolute atomic E-state index is 13.5. The molecule has 2 aromatic carbocycles. The largest absolute Gasteiger partial charge is 0.496 e. The van der Waals surface area contributed by atoms with Crippen molar-refractivity contribution in [3.05, 3.63) is 68.2 Å². The van der Waals surface area contributed by atoms with Crippen molar-refractivity contribution in [1.82, 2.24) is 15.5 Å². The SMILES string of the molecule is CC[C@@H](NC(=O)N1CC(=O)NC[C@@H](Cc2cc(Cl)ccc2OC)C1=O)c1ccc(C(=O)OC(C)(C)C)c([N+](=O)[O-])c1. The fourth-order valence-electron chi connectivity index (χ4n) is 4.40. The van der Waals surface area contributed by atoms with Gasteiger partial charge in [0.25, 0.3) is 5.69 Å². The summed E-state index contributed by atoms with van der Waals surface area (Å²) in [4.78, 5) is 63.7. The number of hydrogen-bond acceptors (Lipinski definition) is 8. The predicted molar refractivity (Wildman–Crippen MR) is 150 cm³/mol. The van der Waals surface area contributed by atoms with E-state index in [2.05, 4.69) is 10.6 Å². The molecule has 0 saturated carbocycles. The first-order valence-corrected chi connectivity index (χ1v) is 13.3. The van der Waals surface area contributed by atoms with E-state index in [9.17, 15) is 29.3 Å². The minimum absolute atomic E-state index is 0.00659. The molecule has 2 aromatic rings. The highest BCUT2D eigenvalue weighted by Crippen LogP contribution is 2.29. The molecular formula is C28H33ClN4O8. The number of rotatable bonds is 8. The van der Waals surface area contributed by atoms with Gasteiger partial charge in [-0.05, 0) is 69.0 Å². The van der Waals surface area contributed by atoms with Gasteiger partial charge in [-0.2, -0.15) is 0 Å². The van der Waals surface area contributed by atoms with Crippen LogP contribution >= 0.6 is 11.6 Å². The van der Waals surface area contributed by atoms with E-state index in [1.165, 1.54) is 25.3 Å². The highest BCUT2D eigenvalue weighted by molar-refractivity contribution is 6.30. The van der Waals surface area contributed by atoms with Crippen molar-refractivity contribution in [3.63, 3.8) is 0 Å². The number of urea groups is 1. The van der Waals surface area contributed by atoms with E-state index < -0.39 is 58.5 Å². The van der Waals surface area contributed by atoms with Gasteiger partial charge in [-0.3, -0.25) is 24.6 Å². The van der Waals surface area contributed by atoms with Crippen molar-refractivity contribution < 1.29 is 33.6 Å². The highest BCUT2D eigenvalue weighted by atomic mass is 35.5. The lowest BCUT2D eigenvalue weighted by Crippen LogP contribution is -2.48. The summed E-state index contributed by atoms with van der Waals surface area (Å²) in [6.07, 6.45) is 0.453. The van der Waals surface area contributed by atoms with Crippen molar-refractivity contribution in [2.24, 2.45) is 5.92 Å². The molecule has 2 atom stereocenters. The Bertz CT molecular complexity index is 1360. The summed E-state index contributed by atoms with van der Waals surface area (Å²) >= 11 is 6.13. The van der Waals surface area contributed by atoms with Crippen LogP contribution in [0.5, 0.6) is 5.75 Å². The fourth-order valence-corrected chi connectivity index (χ4v) is 4.59. The molecule has 0 spiro atoms. The van der Waals surface area contributed by atoms with Gasteiger partial charge < -0.3 is 20.1 Å². The predicted octanol–water partition coefficient (Wildman–Crippen LogP) is 4.19. The molecule has 0 unspecified atom stereocenters. The second kappa shape index (κ2) is 13.0. The number of halogens is 1. The number of nitrogens with one attached hydrogen (secondary N) is 2. The number of nitro benzene ring substituents is 1. The lowest BCUT2D eigenvalue weighted by atomic mass is 9.97. The first-order valence-electron chi connectivity index (χ1n) is 13.0. The number of amides is 4. The van der Waals surface area contributed by atoms with Crippen LogP contribution in [0.1, 0.15) is 61.6 Å². The van der Waals surface area contributed by atoms with Crippen LogP contribution in [0.4, 0.5) is 10.5 Å². The maximum atomic E-state index is 13.5. The minimum atomic E-state index is -0.856. The van der Waals surface area contributed by atoms with E-state index in [1.807, 2.05) is 0 Å².